The smallest absolute Gasteiger partial charge is 0.251 e. The molecule has 0 fully saturated rings. The van der Waals surface area contributed by atoms with Crippen molar-refractivity contribution in [3.05, 3.63) is 28.2 Å². The maximum Gasteiger partial charge on any atom is 0.251 e. The quantitative estimate of drug-likeness (QED) is 0.649. The van der Waals surface area contributed by atoms with Crippen LogP contribution < -0.4 is 11.1 Å². The SMILES string of the molecule is CSCCCNC(=O)c1ccc(N)c(Br)c1. The number of carbonyl (C=O) groups is 1. The minimum atomic E-state index is -0.0539. The lowest BCUT2D eigenvalue weighted by molar-refractivity contribution is 0.0954. The molecule has 0 radical (unpaired) electrons. The lowest BCUT2D eigenvalue weighted by Crippen LogP contribution is -2.24. The molecule has 88 valence electrons. The molecule has 5 heteroatoms. The first-order valence-electron chi connectivity index (χ1n) is 4.97. The number of halogens is 1. The molecule has 0 atom stereocenters. The molecule has 0 aliphatic carbocycles. The van der Waals surface area contributed by atoms with Gasteiger partial charge >= 0.3 is 0 Å². The average molecular weight is 303 g/mol. The van der Waals surface area contributed by atoms with E-state index < -0.39 is 0 Å². The van der Waals surface area contributed by atoms with Gasteiger partial charge in [0.1, 0.15) is 0 Å². The highest BCUT2D eigenvalue weighted by Gasteiger charge is 2.06. The predicted octanol–water partition coefficient (Wildman–Crippen LogP) is 2.51. The number of anilines is 1. The van der Waals surface area contributed by atoms with Gasteiger partial charge in [0.05, 0.1) is 0 Å². The van der Waals surface area contributed by atoms with Crippen LogP contribution in [0.25, 0.3) is 0 Å². The second-order valence-corrected chi connectivity index (χ2v) is 5.18. The van der Waals surface area contributed by atoms with E-state index in [1.54, 1.807) is 30.0 Å². The summed E-state index contributed by atoms with van der Waals surface area (Å²) in [5, 5.41) is 2.87. The summed E-state index contributed by atoms with van der Waals surface area (Å²) in [6.07, 6.45) is 3.04. The van der Waals surface area contributed by atoms with Gasteiger partial charge in [0, 0.05) is 22.3 Å². The maximum absolute atomic E-state index is 11.7. The van der Waals surface area contributed by atoms with Gasteiger partial charge in [-0.25, -0.2) is 0 Å². The van der Waals surface area contributed by atoms with Crippen LogP contribution in [0.3, 0.4) is 0 Å². The van der Waals surface area contributed by atoms with E-state index in [0.29, 0.717) is 17.8 Å². The summed E-state index contributed by atoms with van der Waals surface area (Å²) >= 11 is 5.08. The molecule has 0 saturated carbocycles. The Kier molecular flexibility index (Phi) is 5.69. The Bertz CT molecular complexity index is 371. The molecule has 0 heterocycles. The van der Waals surface area contributed by atoms with Gasteiger partial charge in [-0.1, -0.05) is 0 Å². The number of hydrogen-bond acceptors (Lipinski definition) is 3. The van der Waals surface area contributed by atoms with E-state index in [4.69, 9.17) is 5.73 Å². The molecule has 0 unspecified atom stereocenters. The molecule has 16 heavy (non-hydrogen) atoms. The molecule has 3 nitrogen and oxygen atoms in total. The molecule has 0 spiro atoms. The van der Waals surface area contributed by atoms with Gasteiger partial charge in [0.25, 0.3) is 5.91 Å². The van der Waals surface area contributed by atoms with Crippen LogP contribution in [0.1, 0.15) is 16.8 Å². The minimum Gasteiger partial charge on any atom is -0.398 e. The summed E-state index contributed by atoms with van der Waals surface area (Å²) in [7, 11) is 0. The third-order valence-corrected chi connectivity index (χ3v) is 3.46. The van der Waals surface area contributed by atoms with Gasteiger partial charge < -0.3 is 11.1 Å². The number of nitrogen functional groups attached to an aromatic ring is 1. The first kappa shape index (κ1) is 13.4. The van der Waals surface area contributed by atoms with Crippen molar-refractivity contribution in [2.24, 2.45) is 0 Å². The standard InChI is InChI=1S/C11H15BrN2OS/c1-16-6-2-5-14-11(15)8-3-4-10(13)9(12)7-8/h3-4,7H,2,5-6,13H2,1H3,(H,14,15). The lowest BCUT2D eigenvalue weighted by Gasteiger charge is -2.06. The third kappa shape index (κ3) is 4.06. The Labute approximate surface area is 108 Å². The molecule has 3 N–H and O–H groups in total. The van der Waals surface area contributed by atoms with Crippen molar-refractivity contribution >= 4 is 39.3 Å². The molecular weight excluding hydrogens is 288 g/mol. The largest absolute Gasteiger partial charge is 0.398 e. The summed E-state index contributed by atoms with van der Waals surface area (Å²) in [6, 6.07) is 5.18. The first-order valence-corrected chi connectivity index (χ1v) is 7.16. The van der Waals surface area contributed by atoms with Crippen LogP contribution in [0.15, 0.2) is 22.7 Å². The zero-order chi connectivity index (χ0) is 12.0. The molecule has 0 aliphatic heterocycles. The monoisotopic (exact) mass is 302 g/mol. The summed E-state index contributed by atoms with van der Waals surface area (Å²) in [5.74, 6) is 1.01. The molecule has 1 rings (SSSR count). The fraction of sp³-hybridized carbons (Fsp3) is 0.364. The average Bonchev–Trinajstić information content (AvgIpc) is 2.28. The number of carbonyl (C=O) groups excluding carboxylic acids is 1. The Balaban J connectivity index is 2.50. The van der Waals surface area contributed by atoms with E-state index in [0.717, 1.165) is 16.6 Å². The first-order chi connectivity index (χ1) is 7.65. The molecule has 1 amide bonds. The second-order valence-electron chi connectivity index (χ2n) is 3.34. The molecule has 0 aliphatic rings. The van der Waals surface area contributed by atoms with Crippen molar-refractivity contribution in [1.82, 2.24) is 5.32 Å². The molecule has 0 bridgehead atoms. The summed E-state index contributed by atoms with van der Waals surface area (Å²) in [4.78, 5) is 11.7. The Morgan fingerprint density at radius 1 is 1.56 bits per heavy atom. The molecular formula is C11H15BrN2OS. The topological polar surface area (TPSA) is 55.1 Å². The third-order valence-electron chi connectivity index (χ3n) is 2.07. The Morgan fingerprint density at radius 2 is 2.31 bits per heavy atom. The maximum atomic E-state index is 11.7. The van der Waals surface area contributed by atoms with Crippen LogP contribution in [-0.2, 0) is 0 Å². The van der Waals surface area contributed by atoms with Gasteiger partial charge in [-0.2, -0.15) is 11.8 Å². The normalized spacial score (nSPS) is 10.1. The van der Waals surface area contributed by atoms with Crippen LogP contribution in [-0.4, -0.2) is 24.5 Å². The summed E-state index contributed by atoms with van der Waals surface area (Å²) < 4.78 is 0.754. The van der Waals surface area contributed by atoms with Crippen molar-refractivity contribution in [3.63, 3.8) is 0 Å². The predicted molar refractivity (Wildman–Crippen MR) is 73.9 cm³/mol. The molecule has 1 aromatic carbocycles. The zero-order valence-electron chi connectivity index (χ0n) is 9.13. The number of benzene rings is 1. The van der Waals surface area contributed by atoms with E-state index in [2.05, 4.69) is 27.5 Å². The lowest BCUT2D eigenvalue weighted by atomic mass is 10.2. The van der Waals surface area contributed by atoms with E-state index >= 15 is 0 Å². The van der Waals surface area contributed by atoms with E-state index in [-0.39, 0.29) is 5.91 Å². The van der Waals surface area contributed by atoms with Crippen LogP contribution in [0.5, 0.6) is 0 Å². The second kappa shape index (κ2) is 6.81. The summed E-state index contributed by atoms with van der Waals surface area (Å²) in [5.41, 5.74) is 6.91. The number of thioether (sulfide) groups is 1. The fourth-order valence-electron chi connectivity index (χ4n) is 1.19. The van der Waals surface area contributed by atoms with E-state index in [1.807, 2.05) is 0 Å². The fourth-order valence-corrected chi connectivity index (χ4v) is 2.00. The molecule has 0 saturated heterocycles. The number of nitrogens with one attached hydrogen (secondary N) is 1. The Morgan fingerprint density at radius 3 is 2.94 bits per heavy atom. The molecule has 0 aromatic heterocycles. The molecule has 1 aromatic rings. The van der Waals surface area contributed by atoms with Gasteiger partial charge in [0.15, 0.2) is 0 Å². The summed E-state index contributed by atoms with van der Waals surface area (Å²) in [6.45, 7) is 0.710. The van der Waals surface area contributed by atoms with Gasteiger partial charge in [0.2, 0.25) is 0 Å². The minimum absolute atomic E-state index is 0.0539. The zero-order valence-corrected chi connectivity index (χ0v) is 11.5. The van der Waals surface area contributed by atoms with Crippen LogP contribution in [0.2, 0.25) is 0 Å². The van der Waals surface area contributed by atoms with Crippen LogP contribution in [0, 0.1) is 0 Å². The van der Waals surface area contributed by atoms with Gasteiger partial charge in [-0.05, 0) is 52.6 Å². The van der Waals surface area contributed by atoms with E-state index in [9.17, 15) is 4.79 Å². The van der Waals surface area contributed by atoms with E-state index in [1.165, 1.54) is 0 Å². The van der Waals surface area contributed by atoms with Crippen molar-refractivity contribution in [2.45, 2.75) is 6.42 Å². The van der Waals surface area contributed by atoms with Crippen molar-refractivity contribution in [2.75, 3.05) is 24.3 Å². The van der Waals surface area contributed by atoms with Crippen LogP contribution >= 0.6 is 27.7 Å². The Hall–Kier alpha value is -0.680. The highest BCUT2D eigenvalue weighted by molar-refractivity contribution is 9.10. The number of hydrogen-bond donors (Lipinski definition) is 2. The highest BCUT2D eigenvalue weighted by Crippen LogP contribution is 2.20. The van der Waals surface area contributed by atoms with Gasteiger partial charge in [-0.15, -0.1) is 0 Å². The van der Waals surface area contributed by atoms with Crippen molar-refractivity contribution < 1.29 is 4.79 Å². The number of nitrogens with two attached hydrogens (primary N) is 1. The van der Waals surface area contributed by atoms with Crippen LogP contribution in [0.4, 0.5) is 5.69 Å². The van der Waals surface area contributed by atoms with Crippen molar-refractivity contribution in [1.29, 1.82) is 0 Å². The number of amides is 1. The number of rotatable bonds is 5. The van der Waals surface area contributed by atoms with Gasteiger partial charge in [-0.3, -0.25) is 4.79 Å². The highest BCUT2D eigenvalue weighted by atomic mass is 79.9. The van der Waals surface area contributed by atoms with Crippen molar-refractivity contribution in [3.8, 4) is 0 Å².